The Kier molecular flexibility index (Phi) is 3.81. The molecule has 1 N–H and O–H groups in total. The van der Waals surface area contributed by atoms with Crippen LogP contribution in [0.25, 0.3) is 6.08 Å². The maximum absolute atomic E-state index is 11.3. The molecule has 0 fully saturated rings. The number of aliphatic carboxylic acids is 1. The lowest BCUT2D eigenvalue weighted by Gasteiger charge is -2.02. The van der Waals surface area contributed by atoms with E-state index in [-0.39, 0.29) is 4.90 Å². The predicted octanol–water partition coefficient (Wildman–Crippen LogP) is -0.642. The third-order valence-corrected chi connectivity index (χ3v) is 3.30. The first-order valence-electron chi connectivity index (χ1n) is 4.38. The van der Waals surface area contributed by atoms with E-state index in [1.165, 1.54) is 37.4 Å². The molecule has 0 saturated carbocycles. The van der Waals surface area contributed by atoms with E-state index in [0.29, 0.717) is 5.56 Å². The van der Waals surface area contributed by atoms with E-state index in [1.807, 2.05) is 0 Å². The Labute approximate surface area is 93.5 Å². The Morgan fingerprint density at radius 3 is 2.31 bits per heavy atom. The number of benzene rings is 1. The molecular formula is C10H10NO4S-. The summed E-state index contributed by atoms with van der Waals surface area (Å²) in [7, 11) is -2.13. The lowest BCUT2D eigenvalue weighted by atomic mass is 10.2. The molecule has 5 nitrogen and oxygen atoms in total. The maximum atomic E-state index is 11.3. The van der Waals surface area contributed by atoms with Crippen LogP contribution in [0.4, 0.5) is 0 Å². The summed E-state index contributed by atoms with van der Waals surface area (Å²) in [5, 5.41) is 10.1. The zero-order chi connectivity index (χ0) is 12.2. The zero-order valence-electron chi connectivity index (χ0n) is 8.51. The largest absolute Gasteiger partial charge is 0.545 e. The van der Waals surface area contributed by atoms with Crippen LogP contribution < -0.4 is 9.83 Å². The Bertz CT molecular complexity index is 502. The van der Waals surface area contributed by atoms with Crippen molar-refractivity contribution < 1.29 is 18.3 Å². The van der Waals surface area contributed by atoms with E-state index < -0.39 is 16.0 Å². The first-order valence-corrected chi connectivity index (χ1v) is 5.87. The smallest absolute Gasteiger partial charge is 0.240 e. The SMILES string of the molecule is CNS(=O)(=O)c1ccc(/C=C/C(=O)[O-])cc1. The second-order valence-corrected chi connectivity index (χ2v) is 4.82. The summed E-state index contributed by atoms with van der Waals surface area (Å²) < 4.78 is 24.9. The van der Waals surface area contributed by atoms with Crippen LogP contribution in [0.5, 0.6) is 0 Å². The van der Waals surface area contributed by atoms with Crippen LogP contribution in [-0.2, 0) is 14.8 Å². The van der Waals surface area contributed by atoms with Gasteiger partial charge >= 0.3 is 0 Å². The number of carboxylic acid groups (broad SMARTS) is 1. The highest BCUT2D eigenvalue weighted by Crippen LogP contribution is 2.10. The molecule has 86 valence electrons. The fourth-order valence-electron chi connectivity index (χ4n) is 1.04. The van der Waals surface area contributed by atoms with Crippen molar-refractivity contribution in [2.45, 2.75) is 4.90 Å². The Morgan fingerprint density at radius 1 is 1.31 bits per heavy atom. The van der Waals surface area contributed by atoms with Crippen molar-refractivity contribution in [3.8, 4) is 0 Å². The van der Waals surface area contributed by atoms with Crippen LogP contribution in [0.2, 0.25) is 0 Å². The lowest BCUT2D eigenvalue weighted by molar-refractivity contribution is -0.297. The number of sulfonamides is 1. The van der Waals surface area contributed by atoms with Crippen molar-refractivity contribution in [2.24, 2.45) is 0 Å². The fraction of sp³-hybridized carbons (Fsp3) is 0.100. The highest BCUT2D eigenvalue weighted by Gasteiger charge is 2.09. The summed E-state index contributed by atoms with van der Waals surface area (Å²) in [5.41, 5.74) is 0.583. The number of rotatable bonds is 4. The van der Waals surface area contributed by atoms with E-state index in [9.17, 15) is 18.3 Å². The molecule has 16 heavy (non-hydrogen) atoms. The van der Waals surface area contributed by atoms with Crippen LogP contribution >= 0.6 is 0 Å². The average molecular weight is 240 g/mol. The Hall–Kier alpha value is -1.66. The molecule has 1 aromatic carbocycles. The van der Waals surface area contributed by atoms with Gasteiger partial charge in [0.2, 0.25) is 10.0 Å². The van der Waals surface area contributed by atoms with Gasteiger partial charge in [-0.25, -0.2) is 13.1 Å². The molecule has 0 atom stereocenters. The zero-order valence-corrected chi connectivity index (χ0v) is 9.32. The van der Waals surface area contributed by atoms with Gasteiger partial charge in [0.15, 0.2) is 0 Å². The third-order valence-electron chi connectivity index (χ3n) is 1.87. The first kappa shape index (κ1) is 12.4. The minimum Gasteiger partial charge on any atom is -0.545 e. The predicted molar refractivity (Wildman–Crippen MR) is 56.7 cm³/mol. The number of carbonyl (C=O) groups is 1. The molecule has 1 aromatic rings. The van der Waals surface area contributed by atoms with Gasteiger partial charge in [-0.15, -0.1) is 0 Å². The van der Waals surface area contributed by atoms with Gasteiger partial charge in [-0.2, -0.15) is 0 Å². The summed E-state index contributed by atoms with van der Waals surface area (Å²) in [6, 6.07) is 5.79. The summed E-state index contributed by atoms with van der Waals surface area (Å²) in [4.78, 5) is 10.3. The van der Waals surface area contributed by atoms with Crippen LogP contribution in [0.3, 0.4) is 0 Å². The van der Waals surface area contributed by atoms with Gasteiger partial charge in [0.05, 0.1) is 10.9 Å². The van der Waals surface area contributed by atoms with Gasteiger partial charge in [-0.3, -0.25) is 0 Å². The van der Waals surface area contributed by atoms with Gasteiger partial charge in [0.25, 0.3) is 0 Å². The standard InChI is InChI=1S/C10H11NO4S/c1-11-16(14,15)9-5-2-8(3-6-9)4-7-10(12)13/h2-7,11H,1H3,(H,12,13)/p-1/b7-4+. The number of nitrogens with one attached hydrogen (secondary N) is 1. The van der Waals surface area contributed by atoms with E-state index in [2.05, 4.69) is 4.72 Å². The van der Waals surface area contributed by atoms with Crippen molar-refractivity contribution in [1.82, 2.24) is 4.72 Å². The molecule has 0 radical (unpaired) electrons. The van der Waals surface area contributed by atoms with Crippen LogP contribution in [0, 0.1) is 0 Å². The quantitative estimate of drug-likeness (QED) is 0.709. The van der Waals surface area contributed by atoms with E-state index in [0.717, 1.165) is 6.08 Å². The Balaban J connectivity index is 2.96. The molecule has 0 aliphatic rings. The van der Waals surface area contributed by atoms with Crippen LogP contribution in [-0.4, -0.2) is 21.4 Å². The average Bonchev–Trinajstić information content (AvgIpc) is 2.27. The molecule has 0 bridgehead atoms. The van der Waals surface area contributed by atoms with Crippen molar-refractivity contribution in [2.75, 3.05) is 7.05 Å². The minimum atomic E-state index is -3.45. The fourth-order valence-corrected chi connectivity index (χ4v) is 1.77. The molecule has 0 heterocycles. The number of hydrogen-bond acceptors (Lipinski definition) is 4. The molecule has 0 amide bonds. The van der Waals surface area contributed by atoms with Crippen LogP contribution in [0.1, 0.15) is 5.56 Å². The molecule has 0 spiro atoms. The summed E-state index contributed by atoms with van der Waals surface area (Å²) in [6.07, 6.45) is 2.20. The van der Waals surface area contributed by atoms with Gasteiger partial charge < -0.3 is 9.90 Å². The van der Waals surface area contributed by atoms with Crippen molar-refractivity contribution in [3.05, 3.63) is 35.9 Å². The highest BCUT2D eigenvalue weighted by molar-refractivity contribution is 7.89. The molecule has 0 aliphatic heterocycles. The number of carbonyl (C=O) groups excluding carboxylic acids is 1. The summed E-state index contributed by atoms with van der Waals surface area (Å²) >= 11 is 0. The molecule has 0 aromatic heterocycles. The topological polar surface area (TPSA) is 86.3 Å². The summed E-state index contributed by atoms with van der Waals surface area (Å²) in [6.45, 7) is 0. The molecule has 0 unspecified atom stereocenters. The number of carboxylic acids is 1. The van der Waals surface area contributed by atoms with E-state index >= 15 is 0 Å². The van der Waals surface area contributed by atoms with Crippen molar-refractivity contribution in [1.29, 1.82) is 0 Å². The first-order chi connectivity index (χ1) is 7.45. The van der Waals surface area contributed by atoms with Gasteiger partial charge in [-0.05, 0) is 30.8 Å². The second-order valence-electron chi connectivity index (χ2n) is 2.93. The highest BCUT2D eigenvalue weighted by atomic mass is 32.2. The van der Waals surface area contributed by atoms with Gasteiger partial charge in [-0.1, -0.05) is 18.2 Å². The maximum Gasteiger partial charge on any atom is 0.240 e. The van der Waals surface area contributed by atoms with E-state index in [1.54, 1.807) is 0 Å². The normalized spacial score (nSPS) is 11.8. The van der Waals surface area contributed by atoms with Gasteiger partial charge in [0, 0.05) is 0 Å². The molecule has 1 rings (SSSR count). The second kappa shape index (κ2) is 4.91. The number of hydrogen-bond donors (Lipinski definition) is 1. The Morgan fingerprint density at radius 2 is 1.88 bits per heavy atom. The lowest BCUT2D eigenvalue weighted by Crippen LogP contribution is -2.18. The van der Waals surface area contributed by atoms with Crippen molar-refractivity contribution in [3.63, 3.8) is 0 Å². The van der Waals surface area contributed by atoms with Gasteiger partial charge in [0.1, 0.15) is 0 Å². The minimum absolute atomic E-state index is 0.126. The third kappa shape index (κ3) is 3.18. The summed E-state index contributed by atoms with van der Waals surface area (Å²) in [5.74, 6) is -1.30. The monoisotopic (exact) mass is 240 g/mol. The van der Waals surface area contributed by atoms with E-state index in [4.69, 9.17) is 0 Å². The van der Waals surface area contributed by atoms with Crippen LogP contribution in [0.15, 0.2) is 35.2 Å². The molecule has 0 aliphatic carbocycles. The van der Waals surface area contributed by atoms with Crippen molar-refractivity contribution >= 4 is 22.1 Å². The molecule has 6 heteroatoms. The molecule has 0 saturated heterocycles. The molecular weight excluding hydrogens is 230 g/mol.